The fraction of sp³-hybridized carbons (Fsp3) is 0.600. The minimum absolute atomic E-state index is 0.731. The van der Waals surface area contributed by atoms with Crippen molar-refractivity contribution in [1.82, 2.24) is 10.6 Å². The molecule has 0 saturated carbocycles. The monoisotopic (exact) mass is 310 g/mol. The van der Waals surface area contributed by atoms with E-state index in [9.17, 15) is 0 Å². The molecule has 1 fully saturated rings. The molecule has 0 bridgehead atoms. The van der Waals surface area contributed by atoms with Crippen molar-refractivity contribution in [2.75, 3.05) is 13.1 Å². The number of hydrogen-bond acceptors (Lipinski definition) is 2. The lowest BCUT2D eigenvalue weighted by Gasteiger charge is -2.23. The lowest BCUT2D eigenvalue weighted by Crippen LogP contribution is -2.36. The van der Waals surface area contributed by atoms with Crippen molar-refractivity contribution in [3.63, 3.8) is 0 Å². The third-order valence-electron chi connectivity index (χ3n) is 3.71. The summed E-state index contributed by atoms with van der Waals surface area (Å²) in [7, 11) is 0. The van der Waals surface area contributed by atoms with E-state index in [-0.39, 0.29) is 0 Å². The summed E-state index contributed by atoms with van der Waals surface area (Å²) in [5.41, 5.74) is 2.75. The Hall–Kier alpha value is -0.380. The normalized spacial score (nSPS) is 20.0. The highest BCUT2D eigenvalue weighted by atomic mass is 79.9. The van der Waals surface area contributed by atoms with Gasteiger partial charge in [0.25, 0.3) is 0 Å². The van der Waals surface area contributed by atoms with Crippen LogP contribution in [0.25, 0.3) is 0 Å². The van der Waals surface area contributed by atoms with Crippen LogP contribution in [0.2, 0.25) is 0 Å². The summed E-state index contributed by atoms with van der Waals surface area (Å²) >= 11 is 3.53. The van der Waals surface area contributed by atoms with Gasteiger partial charge in [0.15, 0.2) is 0 Å². The van der Waals surface area contributed by atoms with Gasteiger partial charge in [0.1, 0.15) is 0 Å². The van der Waals surface area contributed by atoms with Crippen molar-refractivity contribution in [2.24, 2.45) is 0 Å². The van der Waals surface area contributed by atoms with E-state index < -0.39 is 0 Å². The molecule has 1 atom stereocenters. The summed E-state index contributed by atoms with van der Waals surface area (Å²) in [5, 5.41) is 7.15. The Morgan fingerprint density at radius 2 is 2.28 bits per heavy atom. The maximum absolute atomic E-state index is 3.59. The molecule has 2 nitrogen and oxygen atoms in total. The number of hydrogen-bond donors (Lipinski definition) is 2. The predicted octanol–water partition coefficient (Wildman–Crippen LogP) is 3.38. The van der Waals surface area contributed by atoms with Crippen molar-refractivity contribution < 1.29 is 0 Å². The van der Waals surface area contributed by atoms with Gasteiger partial charge in [-0.15, -0.1) is 0 Å². The molecule has 3 heteroatoms. The molecule has 0 aliphatic carbocycles. The lowest BCUT2D eigenvalue weighted by atomic mass is 10.0. The summed E-state index contributed by atoms with van der Waals surface area (Å²) in [4.78, 5) is 0. The second-order valence-corrected chi connectivity index (χ2v) is 6.10. The van der Waals surface area contributed by atoms with Crippen LogP contribution in [0.3, 0.4) is 0 Å². The Bertz CT molecular complexity index is 373. The Kier molecular flexibility index (Phi) is 5.67. The van der Waals surface area contributed by atoms with Crippen LogP contribution in [-0.2, 0) is 6.54 Å². The molecule has 1 saturated heterocycles. The first-order chi connectivity index (χ1) is 8.75. The molecule has 18 heavy (non-hydrogen) atoms. The highest BCUT2D eigenvalue weighted by Crippen LogP contribution is 2.16. The topological polar surface area (TPSA) is 24.1 Å². The molecular weight excluding hydrogens is 288 g/mol. The van der Waals surface area contributed by atoms with E-state index in [1.54, 1.807) is 0 Å². The minimum atomic E-state index is 0.731. The van der Waals surface area contributed by atoms with Gasteiger partial charge in [-0.1, -0.05) is 28.4 Å². The second-order valence-electron chi connectivity index (χ2n) is 5.18. The Balaban J connectivity index is 1.69. The summed E-state index contributed by atoms with van der Waals surface area (Å²) in [6.45, 7) is 5.45. The third kappa shape index (κ3) is 4.38. The number of benzene rings is 1. The van der Waals surface area contributed by atoms with E-state index in [1.165, 1.54) is 47.8 Å². The van der Waals surface area contributed by atoms with Crippen LogP contribution >= 0.6 is 15.9 Å². The number of piperidine rings is 1. The van der Waals surface area contributed by atoms with E-state index in [2.05, 4.69) is 51.7 Å². The van der Waals surface area contributed by atoms with E-state index in [0.29, 0.717) is 0 Å². The first-order valence-electron chi connectivity index (χ1n) is 6.95. The molecular formula is C15H23BrN2. The highest BCUT2D eigenvalue weighted by Gasteiger charge is 2.11. The average molecular weight is 311 g/mol. The van der Waals surface area contributed by atoms with Crippen molar-refractivity contribution in [3.05, 3.63) is 33.8 Å². The zero-order chi connectivity index (χ0) is 12.8. The van der Waals surface area contributed by atoms with Crippen molar-refractivity contribution in [3.8, 4) is 0 Å². The van der Waals surface area contributed by atoms with Gasteiger partial charge in [-0.3, -0.25) is 0 Å². The predicted molar refractivity (Wildman–Crippen MR) is 80.8 cm³/mol. The van der Waals surface area contributed by atoms with E-state index >= 15 is 0 Å². The first-order valence-corrected chi connectivity index (χ1v) is 7.74. The average Bonchev–Trinajstić information content (AvgIpc) is 2.40. The zero-order valence-corrected chi connectivity index (χ0v) is 12.7. The molecule has 2 N–H and O–H groups in total. The number of aryl methyl sites for hydroxylation is 1. The summed E-state index contributed by atoms with van der Waals surface area (Å²) in [5.74, 6) is 0. The summed E-state index contributed by atoms with van der Waals surface area (Å²) in [6.07, 6.45) is 5.33. The largest absolute Gasteiger partial charge is 0.314 e. The van der Waals surface area contributed by atoms with Gasteiger partial charge < -0.3 is 10.6 Å². The minimum Gasteiger partial charge on any atom is -0.314 e. The van der Waals surface area contributed by atoms with Crippen LogP contribution < -0.4 is 10.6 Å². The second kappa shape index (κ2) is 7.27. The highest BCUT2D eigenvalue weighted by molar-refractivity contribution is 9.10. The van der Waals surface area contributed by atoms with Gasteiger partial charge in [0.05, 0.1) is 0 Å². The van der Waals surface area contributed by atoms with Crippen LogP contribution in [0.1, 0.15) is 36.8 Å². The Morgan fingerprint density at radius 1 is 1.39 bits per heavy atom. The van der Waals surface area contributed by atoms with Gasteiger partial charge in [-0.2, -0.15) is 0 Å². The zero-order valence-electron chi connectivity index (χ0n) is 11.1. The third-order valence-corrected chi connectivity index (χ3v) is 4.20. The molecule has 1 heterocycles. The van der Waals surface area contributed by atoms with Gasteiger partial charge in [-0.25, -0.2) is 0 Å². The van der Waals surface area contributed by atoms with Gasteiger partial charge >= 0.3 is 0 Å². The summed E-state index contributed by atoms with van der Waals surface area (Å²) in [6, 6.07) is 7.21. The molecule has 0 amide bonds. The SMILES string of the molecule is Cc1ccc(Br)cc1CNCCC1CCCCN1. The molecule has 1 unspecified atom stereocenters. The fourth-order valence-corrected chi connectivity index (χ4v) is 2.91. The molecule has 2 rings (SSSR count). The van der Waals surface area contributed by atoms with E-state index in [4.69, 9.17) is 0 Å². The molecule has 100 valence electrons. The van der Waals surface area contributed by atoms with Crippen LogP contribution in [0.5, 0.6) is 0 Å². The van der Waals surface area contributed by atoms with Crippen LogP contribution in [0, 0.1) is 6.92 Å². The van der Waals surface area contributed by atoms with Crippen molar-refractivity contribution in [2.45, 2.75) is 45.2 Å². The molecule has 1 aromatic carbocycles. The van der Waals surface area contributed by atoms with Crippen LogP contribution in [0.4, 0.5) is 0 Å². The quantitative estimate of drug-likeness (QED) is 0.815. The van der Waals surface area contributed by atoms with E-state index in [1.807, 2.05) is 0 Å². The smallest absolute Gasteiger partial charge is 0.0208 e. The first kappa shape index (κ1) is 14.0. The molecule has 1 aliphatic rings. The Morgan fingerprint density at radius 3 is 3.06 bits per heavy atom. The van der Waals surface area contributed by atoms with E-state index in [0.717, 1.165) is 19.1 Å². The molecule has 1 aromatic rings. The standard InChI is InChI=1S/C15H23BrN2/c1-12-5-6-14(16)10-13(12)11-17-9-7-15-4-2-3-8-18-15/h5-6,10,15,17-18H,2-4,7-9,11H2,1H3. The maximum Gasteiger partial charge on any atom is 0.0208 e. The molecule has 0 aromatic heterocycles. The fourth-order valence-electron chi connectivity index (χ4n) is 2.50. The number of halogens is 1. The van der Waals surface area contributed by atoms with Gasteiger partial charge in [0.2, 0.25) is 0 Å². The van der Waals surface area contributed by atoms with Crippen LogP contribution in [-0.4, -0.2) is 19.1 Å². The van der Waals surface area contributed by atoms with Crippen molar-refractivity contribution >= 4 is 15.9 Å². The number of rotatable bonds is 5. The Labute approximate surface area is 119 Å². The van der Waals surface area contributed by atoms with Crippen molar-refractivity contribution in [1.29, 1.82) is 0 Å². The molecule has 1 aliphatic heterocycles. The van der Waals surface area contributed by atoms with Gasteiger partial charge in [-0.05, 0) is 62.5 Å². The van der Waals surface area contributed by atoms with Gasteiger partial charge in [0, 0.05) is 17.1 Å². The number of nitrogens with one attached hydrogen (secondary N) is 2. The molecule has 0 radical (unpaired) electrons. The van der Waals surface area contributed by atoms with Crippen LogP contribution in [0.15, 0.2) is 22.7 Å². The maximum atomic E-state index is 3.59. The lowest BCUT2D eigenvalue weighted by molar-refractivity contribution is 0.376. The summed E-state index contributed by atoms with van der Waals surface area (Å²) < 4.78 is 1.17. The molecule has 0 spiro atoms.